The van der Waals surface area contributed by atoms with Gasteiger partial charge >= 0.3 is 5.97 Å². The van der Waals surface area contributed by atoms with Crippen LogP contribution in [0, 0.1) is 5.92 Å². The molecule has 0 aliphatic heterocycles. The molecule has 0 heterocycles. The summed E-state index contributed by atoms with van der Waals surface area (Å²) < 4.78 is 0. The molecule has 0 saturated heterocycles. The topological polar surface area (TPSA) is 49.3 Å². The summed E-state index contributed by atoms with van der Waals surface area (Å²) in [5.74, 6) is -0.752. The predicted molar refractivity (Wildman–Crippen MR) is 88.0 cm³/mol. The Bertz CT molecular complexity index is 532. The van der Waals surface area contributed by atoms with Crippen LogP contribution in [0.2, 0.25) is 0 Å². The van der Waals surface area contributed by atoms with E-state index in [0.29, 0.717) is 12.1 Å². The monoisotopic (exact) mass is 301 g/mol. The Morgan fingerprint density at radius 2 is 1.82 bits per heavy atom. The minimum absolute atomic E-state index is 0.128. The molecule has 1 aromatic carbocycles. The van der Waals surface area contributed by atoms with Gasteiger partial charge in [-0.1, -0.05) is 18.2 Å². The summed E-state index contributed by atoms with van der Waals surface area (Å²) in [4.78, 5) is 11.0. The smallest absolute Gasteiger partial charge is 0.306 e. The maximum atomic E-state index is 11.0. The van der Waals surface area contributed by atoms with Crippen LogP contribution in [0.15, 0.2) is 18.2 Å². The molecule has 3 heteroatoms. The second-order valence-corrected chi connectivity index (χ2v) is 7.01. The molecule has 0 unspecified atom stereocenters. The Labute approximate surface area is 133 Å². The maximum Gasteiger partial charge on any atom is 0.306 e. The third-order valence-corrected chi connectivity index (χ3v) is 5.43. The van der Waals surface area contributed by atoms with Crippen LogP contribution in [0.5, 0.6) is 0 Å². The number of rotatable bonds is 4. The molecule has 1 atom stereocenters. The van der Waals surface area contributed by atoms with Crippen LogP contribution in [-0.2, 0) is 17.6 Å². The van der Waals surface area contributed by atoms with Gasteiger partial charge in [-0.25, -0.2) is 0 Å². The molecule has 1 fully saturated rings. The number of carboxylic acids is 1. The number of aliphatic carboxylic acids is 1. The molecule has 1 saturated carbocycles. The van der Waals surface area contributed by atoms with Crippen molar-refractivity contribution in [3.63, 3.8) is 0 Å². The molecule has 2 N–H and O–H groups in total. The van der Waals surface area contributed by atoms with Crippen molar-refractivity contribution in [1.29, 1.82) is 0 Å². The second-order valence-electron chi connectivity index (χ2n) is 7.01. The number of aryl methyl sites for hydroxylation is 2. The van der Waals surface area contributed by atoms with Crippen molar-refractivity contribution in [2.45, 2.75) is 70.4 Å². The first kappa shape index (κ1) is 15.5. The molecule has 0 aromatic heterocycles. The van der Waals surface area contributed by atoms with Gasteiger partial charge in [0.2, 0.25) is 0 Å². The van der Waals surface area contributed by atoms with Crippen LogP contribution in [0.3, 0.4) is 0 Å². The second kappa shape index (κ2) is 6.82. The first-order chi connectivity index (χ1) is 10.6. The predicted octanol–water partition coefficient (Wildman–Crippen LogP) is 3.86. The molecule has 0 radical (unpaired) electrons. The van der Waals surface area contributed by atoms with Crippen molar-refractivity contribution in [2.75, 3.05) is 0 Å². The van der Waals surface area contributed by atoms with Crippen molar-refractivity contribution in [3.8, 4) is 0 Å². The van der Waals surface area contributed by atoms with Crippen LogP contribution in [-0.4, -0.2) is 17.1 Å². The minimum atomic E-state index is -0.624. The van der Waals surface area contributed by atoms with Crippen molar-refractivity contribution in [3.05, 3.63) is 34.9 Å². The van der Waals surface area contributed by atoms with Crippen LogP contribution in [0.4, 0.5) is 0 Å². The average molecular weight is 301 g/mol. The summed E-state index contributed by atoms with van der Waals surface area (Å²) in [6.07, 6.45) is 8.67. The lowest BCUT2D eigenvalue weighted by molar-refractivity contribution is -0.142. The lowest BCUT2D eigenvalue weighted by Gasteiger charge is -2.30. The summed E-state index contributed by atoms with van der Waals surface area (Å²) in [6, 6.07) is 7.77. The standard InChI is InChI=1S/C19H27NO2/c1-13(20-18-10-8-15(9-11-18)19(21)22)16-7-6-14-4-2-3-5-17(14)12-16/h6-7,12-13,15,18,20H,2-5,8-11H2,1H3,(H,21,22)/t13-,15?,18?/m0/s1. The quantitative estimate of drug-likeness (QED) is 0.888. The third kappa shape index (κ3) is 3.52. The van der Waals surface area contributed by atoms with Gasteiger partial charge in [-0.3, -0.25) is 4.79 Å². The highest BCUT2D eigenvalue weighted by molar-refractivity contribution is 5.70. The molecule has 0 bridgehead atoms. The normalized spacial score (nSPS) is 26.2. The number of hydrogen-bond acceptors (Lipinski definition) is 2. The van der Waals surface area contributed by atoms with Gasteiger partial charge in [-0.2, -0.15) is 0 Å². The number of carbonyl (C=O) groups is 1. The first-order valence-electron chi connectivity index (χ1n) is 8.74. The number of hydrogen-bond donors (Lipinski definition) is 2. The van der Waals surface area contributed by atoms with Crippen LogP contribution in [0.25, 0.3) is 0 Å². The summed E-state index contributed by atoms with van der Waals surface area (Å²) >= 11 is 0. The summed E-state index contributed by atoms with van der Waals surface area (Å²) in [5.41, 5.74) is 4.44. The van der Waals surface area contributed by atoms with E-state index in [4.69, 9.17) is 5.11 Å². The van der Waals surface area contributed by atoms with Crippen LogP contribution in [0.1, 0.15) is 68.2 Å². The molecule has 2 aliphatic carbocycles. The Morgan fingerprint density at radius 3 is 2.50 bits per heavy atom. The summed E-state index contributed by atoms with van der Waals surface area (Å²) in [7, 11) is 0. The van der Waals surface area contributed by atoms with Crippen molar-refractivity contribution < 1.29 is 9.90 Å². The van der Waals surface area contributed by atoms with E-state index in [2.05, 4.69) is 30.4 Å². The Morgan fingerprint density at radius 1 is 1.14 bits per heavy atom. The molecule has 0 spiro atoms. The molecule has 0 amide bonds. The van der Waals surface area contributed by atoms with Gasteiger partial charge in [0.15, 0.2) is 0 Å². The minimum Gasteiger partial charge on any atom is -0.481 e. The van der Waals surface area contributed by atoms with E-state index in [1.54, 1.807) is 0 Å². The van der Waals surface area contributed by atoms with Gasteiger partial charge in [0.1, 0.15) is 0 Å². The zero-order valence-electron chi connectivity index (χ0n) is 13.5. The van der Waals surface area contributed by atoms with Crippen molar-refractivity contribution in [2.24, 2.45) is 5.92 Å². The van der Waals surface area contributed by atoms with E-state index < -0.39 is 5.97 Å². The van der Waals surface area contributed by atoms with E-state index in [1.165, 1.54) is 42.4 Å². The Balaban J connectivity index is 1.58. The largest absolute Gasteiger partial charge is 0.481 e. The van der Waals surface area contributed by atoms with Gasteiger partial charge in [0.25, 0.3) is 0 Å². The summed E-state index contributed by atoms with van der Waals surface area (Å²) in [6.45, 7) is 2.23. The van der Waals surface area contributed by atoms with E-state index in [0.717, 1.165) is 25.7 Å². The van der Waals surface area contributed by atoms with E-state index in [-0.39, 0.29) is 5.92 Å². The van der Waals surface area contributed by atoms with Crippen LogP contribution >= 0.6 is 0 Å². The highest BCUT2D eigenvalue weighted by atomic mass is 16.4. The van der Waals surface area contributed by atoms with Crippen LogP contribution < -0.4 is 5.32 Å². The molecule has 22 heavy (non-hydrogen) atoms. The van der Waals surface area contributed by atoms with Gasteiger partial charge in [0, 0.05) is 12.1 Å². The highest BCUT2D eigenvalue weighted by Crippen LogP contribution is 2.28. The van der Waals surface area contributed by atoms with E-state index in [9.17, 15) is 4.79 Å². The van der Waals surface area contributed by atoms with Crippen molar-refractivity contribution in [1.82, 2.24) is 5.32 Å². The molecule has 2 aliphatic rings. The fourth-order valence-electron chi connectivity index (χ4n) is 3.98. The molecule has 1 aromatic rings. The Kier molecular flexibility index (Phi) is 4.82. The SMILES string of the molecule is C[C@H](NC1CCC(C(=O)O)CC1)c1ccc2c(c1)CCCC2. The van der Waals surface area contributed by atoms with E-state index in [1.807, 2.05) is 0 Å². The molecule has 3 rings (SSSR count). The average Bonchev–Trinajstić information content (AvgIpc) is 2.55. The third-order valence-electron chi connectivity index (χ3n) is 5.43. The number of benzene rings is 1. The maximum absolute atomic E-state index is 11.0. The van der Waals surface area contributed by atoms with E-state index >= 15 is 0 Å². The number of carboxylic acid groups (broad SMARTS) is 1. The fraction of sp³-hybridized carbons (Fsp3) is 0.632. The van der Waals surface area contributed by atoms with Gasteiger partial charge in [-0.05, 0) is 75.0 Å². The highest BCUT2D eigenvalue weighted by Gasteiger charge is 2.26. The molecule has 3 nitrogen and oxygen atoms in total. The summed E-state index contributed by atoms with van der Waals surface area (Å²) in [5, 5.41) is 12.8. The lowest BCUT2D eigenvalue weighted by Crippen LogP contribution is -2.36. The fourth-order valence-corrected chi connectivity index (χ4v) is 3.98. The molecular weight excluding hydrogens is 274 g/mol. The lowest BCUT2D eigenvalue weighted by atomic mass is 9.85. The number of fused-ring (bicyclic) bond motifs is 1. The first-order valence-corrected chi connectivity index (χ1v) is 8.74. The number of nitrogens with one attached hydrogen (secondary N) is 1. The Hall–Kier alpha value is -1.35. The van der Waals surface area contributed by atoms with Crippen molar-refractivity contribution >= 4 is 5.97 Å². The zero-order valence-corrected chi connectivity index (χ0v) is 13.5. The van der Waals surface area contributed by atoms with Gasteiger partial charge in [-0.15, -0.1) is 0 Å². The van der Waals surface area contributed by atoms with Gasteiger partial charge in [0.05, 0.1) is 5.92 Å². The zero-order chi connectivity index (χ0) is 15.5. The molecular formula is C19H27NO2. The molecule has 120 valence electrons. The van der Waals surface area contributed by atoms with Gasteiger partial charge < -0.3 is 10.4 Å².